The van der Waals surface area contributed by atoms with Crippen molar-refractivity contribution in [2.24, 2.45) is 0 Å². The molecule has 32 heavy (non-hydrogen) atoms. The molecule has 0 saturated heterocycles. The van der Waals surface area contributed by atoms with Crippen LogP contribution in [-0.4, -0.2) is 30.9 Å². The maximum absolute atomic E-state index is 12.6. The van der Waals surface area contributed by atoms with Gasteiger partial charge in [-0.25, -0.2) is 0 Å². The van der Waals surface area contributed by atoms with Gasteiger partial charge in [-0.3, -0.25) is 14.4 Å². The third-order valence-corrected chi connectivity index (χ3v) is 5.26. The Balaban J connectivity index is 1.40. The standard InChI is InChI=1S/C25H23N3O4/c1-17-19(10-7-11-20(17)27-25(31)18-8-3-2-4-9-18)26-23(29)14-15-28-21-12-5-6-13-22(21)32-16-24(28)30/h2-13H,14-16H2,1H3,(H,26,29)(H,27,31). The zero-order valence-electron chi connectivity index (χ0n) is 17.6. The van der Waals surface area contributed by atoms with Gasteiger partial charge in [-0.15, -0.1) is 0 Å². The SMILES string of the molecule is Cc1c(NC(=O)CCN2C(=O)COc3ccccc32)cccc1NC(=O)c1ccccc1. The molecule has 3 aromatic rings. The highest BCUT2D eigenvalue weighted by atomic mass is 16.5. The molecular formula is C25H23N3O4. The molecule has 1 aliphatic heterocycles. The maximum Gasteiger partial charge on any atom is 0.265 e. The number of ether oxygens (including phenoxy) is 1. The van der Waals surface area contributed by atoms with E-state index >= 15 is 0 Å². The summed E-state index contributed by atoms with van der Waals surface area (Å²) in [5.41, 5.74) is 3.19. The molecule has 3 amide bonds. The van der Waals surface area contributed by atoms with Crippen molar-refractivity contribution < 1.29 is 19.1 Å². The second-order valence-electron chi connectivity index (χ2n) is 7.40. The fraction of sp³-hybridized carbons (Fsp3) is 0.160. The summed E-state index contributed by atoms with van der Waals surface area (Å²) in [6, 6.07) is 21.5. The van der Waals surface area contributed by atoms with Crippen LogP contribution in [0.25, 0.3) is 0 Å². The Morgan fingerprint density at radius 3 is 2.38 bits per heavy atom. The second-order valence-corrected chi connectivity index (χ2v) is 7.40. The molecule has 0 aromatic heterocycles. The highest BCUT2D eigenvalue weighted by Crippen LogP contribution is 2.31. The van der Waals surface area contributed by atoms with Gasteiger partial charge in [0.15, 0.2) is 6.61 Å². The van der Waals surface area contributed by atoms with E-state index in [1.807, 2.05) is 25.1 Å². The zero-order chi connectivity index (χ0) is 22.5. The van der Waals surface area contributed by atoms with Crippen molar-refractivity contribution in [3.05, 3.63) is 83.9 Å². The van der Waals surface area contributed by atoms with Crippen LogP contribution in [-0.2, 0) is 9.59 Å². The molecule has 0 radical (unpaired) electrons. The number of hydrogen-bond donors (Lipinski definition) is 2. The quantitative estimate of drug-likeness (QED) is 0.620. The molecule has 162 valence electrons. The first-order chi connectivity index (χ1) is 15.5. The molecule has 0 atom stereocenters. The summed E-state index contributed by atoms with van der Waals surface area (Å²) in [6.07, 6.45) is 0.125. The van der Waals surface area contributed by atoms with Crippen LogP contribution in [0.1, 0.15) is 22.3 Å². The van der Waals surface area contributed by atoms with E-state index < -0.39 is 0 Å². The average Bonchev–Trinajstić information content (AvgIpc) is 2.81. The molecule has 0 unspecified atom stereocenters. The molecule has 1 heterocycles. The van der Waals surface area contributed by atoms with Crippen molar-refractivity contribution in [1.82, 2.24) is 0 Å². The number of carbonyl (C=O) groups is 3. The number of para-hydroxylation sites is 2. The highest BCUT2D eigenvalue weighted by Gasteiger charge is 2.25. The number of amides is 3. The lowest BCUT2D eigenvalue weighted by Gasteiger charge is -2.29. The fourth-order valence-electron chi connectivity index (χ4n) is 3.52. The minimum absolute atomic E-state index is 0.0408. The molecule has 2 N–H and O–H groups in total. The zero-order valence-corrected chi connectivity index (χ0v) is 17.6. The monoisotopic (exact) mass is 429 g/mol. The molecule has 0 spiro atoms. The van der Waals surface area contributed by atoms with Gasteiger partial charge < -0.3 is 20.3 Å². The van der Waals surface area contributed by atoms with Crippen LogP contribution in [0.4, 0.5) is 17.1 Å². The largest absolute Gasteiger partial charge is 0.482 e. The Labute approximate surface area is 186 Å². The number of fused-ring (bicyclic) bond motifs is 1. The maximum atomic E-state index is 12.6. The predicted octanol–water partition coefficient (Wildman–Crippen LogP) is 4.00. The van der Waals surface area contributed by atoms with E-state index in [-0.39, 0.29) is 37.3 Å². The number of hydrogen-bond acceptors (Lipinski definition) is 4. The Morgan fingerprint density at radius 1 is 0.906 bits per heavy atom. The van der Waals surface area contributed by atoms with Gasteiger partial charge >= 0.3 is 0 Å². The average molecular weight is 429 g/mol. The number of nitrogens with zero attached hydrogens (tertiary/aromatic N) is 1. The van der Waals surface area contributed by atoms with Crippen LogP contribution in [0.2, 0.25) is 0 Å². The van der Waals surface area contributed by atoms with Gasteiger partial charge in [-0.1, -0.05) is 36.4 Å². The summed E-state index contributed by atoms with van der Waals surface area (Å²) < 4.78 is 5.43. The number of benzene rings is 3. The summed E-state index contributed by atoms with van der Waals surface area (Å²) in [5.74, 6) is 0.00148. The summed E-state index contributed by atoms with van der Waals surface area (Å²) >= 11 is 0. The van der Waals surface area contributed by atoms with Gasteiger partial charge in [0.2, 0.25) is 5.91 Å². The summed E-state index contributed by atoms with van der Waals surface area (Å²) in [6.45, 7) is 2.04. The van der Waals surface area contributed by atoms with E-state index in [1.165, 1.54) is 0 Å². The lowest BCUT2D eigenvalue weighted by molar-refractivity contribution is -0.121. The van der Waals surface area contributed by atoms with Crippen LogP contribution in [0.5, 0.6) is 5.75 Å². The van der Waals surface area contributed by atoms with Crippen LogP contribution >= 0.6 is 0 Å². The second kappa shape index (κ2) is 9.34. The minimum Gasteiger partial charge on any atom is -0.482 e. The number of nitrogens with one attached hydrogen (secondary N) is 2. The first kappa shape index (κ1) is 21.1. The number of anilines is 3. The molecule has 7 nitrogen and oxygen atoms in total. The molecule has 4 rings (SSSR count). The van der Waals surface area contributed by atoms with E-state index in [4.69, 9.17) is 4.74 Å². The van der Waals surface area contributed by atoms with Crippen molar-refractivity contribution in [2.75, 3.05) is 28.7 Å². The number of rotatable bonds is 6. The van der Waals surface area contributed by atoms with Crippen molar-refractivity contribution in [3.63, 3.8) is 0 Å². The summed E-state index contributed by atoms with van der Waals surface area (Å²) in [5, 5.41) is 5.77. The van der Waals surface area contributed by atoms with Gasteiger partial charge in [0.1, 0.15) is 5.75 Å². The van der Waals surface area contributed by atoms with E-state index in [0.29, 0.717) is 28.4 Å². The molecule has 0 saturated carbocycles. The van der Waals surface area contributed by atoms with E-state index in [0.717, 1.165) is 5.56 Å². The van der Waals surface area contributed by atoms with Gasteiger partial charge in [0, 0.05) is 29.9 Å². The Hall–Kier alpha value is -4.13. The summed E-state index contributed by atoms with van der Waals surface area (Å²) in [7, 11) is 0. The van der Waals surface area contributed by atoms with Gasteiger partial charge in [-0.05, 0) is 48.9 Å². The molecule has 0 fully saturated rings. The third kappa shape index (κ3) is 4.62. The van der Waals surface area contributed by atoms with E-state index in [1.54, 1.807) is 59.5 Å². The Kier molecular flexibility index (Phi) is 6.17. The van der Waals surface area contributed by atoms with Crippen LogP contribution in [0.3, 0.4) is 0 Å². The lowest BCUT2D eigenvalue weighted by Crippen LogP contribution is -2.40. The molecule has 0 aliphatic carbocycles. The molecule has 7 heteroatoms. The topological polar surface area (TPSA) is 87.7 Å². The van der Waals surface area contributed by atoms with Crippen molar-refractivity contribution in [3.8, 4) is 5.75 Å². The van der Waals surface area contributed by atoms with Crippen LogP contribution < -0.4 is 20.3 Å². The third-order valence-electron chi connectivity index (χ3n) is 5.26. The molecular weight excluding hydrogens is 406 g/mol. The van der Waals surface area contributed by atoms with Crippen LogP contribution in [0.15, 0.2) is 72.8 Å². The predicted molar refractivity (Wildman–Crippen MR) is 123 cm³/mol. The number of carbonyl (C=O) groups excluding carboxylic acids is 3. The fourth-order valence-corrected chi connectivity index (χ4v) is 3.52. The Bertz CT molecular complexity index is 1160. The van der Waals surface area contributed by atoms with E-state index in [9.17, 15) is 14.4 Å². The first-order valence-corrected chi connectivity index (χ1v) is 10.3. The van der Waals surface area contributed by atoms with Gasteiger partial charge in [-0.2, -0.15) is 0 Å². The molecule has 3 aromatic carbocycles. The Morgan fingerprint density at radius 2 is 1.59 bits per heavy atom. The summed E-state index contributed by atoms with van der Waals surface area (Å²) in [4.78, 5) is 38.9. The van der Waals surface area contributed by atoms with Crippen molar-refractivity contribution >= 4 is 34.8 Å². The van der Waals surface area contributed by atoms with Gasteiger partial charge in [0.05, 0.1) is 5.69 Å². The van der Waals surface area contributed by atoms with Crippen molar-refractivity contribution in [2.45, 2.75) is 13.3 Å². The smallest absolute Gasteiger partial charge is 0.265 e. The highest BCUT2D eigenvalue weighted by molar-refractivity contribution is 6.05. The van der Waals surface area contributed by atoms with Gasteiger partial charge in [0.25, 0.3) is 11.8 Å². The molecule has 1 aliphatic rings. The first-order valence-electron chi connectivity index (χ1n) is 10.3. The minimum atomic E-state index is -0.226. The lowest BCUT2D eigenvalue weighted by atomic mass is 10.1. The van der Waals surface area contributed by atoms with Crippen molar-refractivity contribution in [1.29, 1.82) is 0 Å². The molecule has 0 bridgehead atoms. The van der Waals surface area contributed by atoms with E-state index in [2.05, 4.69) is 10.6 Å². The normalized spacial score (nSPS) is 12.5. The van der Waals surface area contributed by atoms with Crippen LogP contribution in [0, 0.1) is 6.92 Å².